The number of carbonyl (C=O) groups excluding carboxylic acids is 1. The zero-order valence-electron chi connectivity index (χ0n) is 10.3. The van der Waals surface area contributed by atoms with Crippen molar-refractivity contribution in [1.29, 1.82) is 0 Å². The van der Waals surface area contributed by atoms with Gasteiger partial charge in [-0.25, -0.2) is 0 Å². The van der Waals surface area contributed by atoms with Crippen molar-refractivity contribution in [3.8, 4) is 0 Å². The van der Waals surface area contributed by atoms with Gasteiger partial charge < -0.3 is 5.32 Å². The van der Waals surface area contributed by atoms with Gasteiger partial charge in [0.2, 0.25) is 0 Å². The summed E-state index contributed by atoms with van der Waals surface area (Å²) < 4.78 is 0. The first-order valence-corrected chi connectivity index (χ1v) is 7.64. The second-order valence-corrected chi connectivity index (χ2v) is 6.13. The van der Waals surface area contributed by atoms with Crippen molar-refractivity contribution >= 4 is 45.0 Å². The predicted octanol–water partition coefficient (Wildman–Crippen LogP) is 4.53. The van der Waals surface area contributed by atoms with Crippen LogP contribution < -0.4 is 5.32 Å². The molecule has 2 nitrogen and oxygen atoms in total. The van der Waals surface area contributed by atoms with Gasteiger partial charge >= 0.3 is 0 Å². The van der Waals surface area contributed by atoms with Crippen LogP contribution in [-0.4, -0.2) is 17.3 Å². The maximum atomic E-state index is 12.1. The third-order valence-electron chi connectivity index (χ3n) is 2.67. The number of benzene rings is 1. The first-order chi connectivity index (χ1) is 8.43. The molecule has 0 spiro atoms. The highest BCUT2D eigenvalue weighted by Crippen LogP contribution is 2.19. The molecule has 1 atom stereocenters. The fraction of sp³-hybridized carbons (Fsp3) is 0.462. The molecule has 0 heterocycles. The van der Waals surface area contributed by atoms with Gasteiger partial charge in [-0.05, 0) is 30.5 Å². The van der Waals surface area contributed by atoms with E-state index in [1.165, 1.54) is 0 Å². The number of hydrogen-bond donors (Lipinski definition) is 1. The molecule has 1 amide bonds. The Bertz CT molecular complexity index is 403. The number of amides is 1. The Morgan fingerprint density at radius 1 is 1.28 bits per heavy atom. The Morgan fingerprint density at radius 3 is 2.28 bits per heavy atom. The van der Waals surface area contributed by atoms with E-state index in [1.807, 2.05) is 0 Å². The van der Waals surface area contributed by atoms with E-state index in [4.69, 9.17) is 23.2 Å². The largest absolute Gasteiger partial charge is 0.349 e. The van der Waals surface area contributed by atoms with Crippen LogP contribution in [0.15, 0.2) is 18.2 Å². The minimum absolute atomic E-state index is 0.134. The molecule has 0 aromatic heterocycles. The molecule has 1 unspecified atom stereocenters. The fourth-order valence-corrected chi connectivity index (χ4v) is 2.65. The molecule has 1 aromatic rings. The van der Waals surface area contributed by atoms with Crippen LogP contribution >= 0.6 is 39.1 Å². The number of rotatable bonds is 5. The van der Waals surface area contributed by atoms with Crippen LogP contribution in [0.5, 0.6) is 0 Å². The molecular weight excluding hydrogens is 337 g/mol. The van der Waals surface area contributed by atoms with E-state index in [2.05, 4.69) is 35.1 Å². The van der Waals surface area contributed by atoms with Gasteiger partial charge in [0.25, 0.3) is 5.91 Å². The molecule has 0 radical (unpaired) electrons. The van der Waals surface area contributed by atoms with Gasteiger partial charge in [-0.3, -0.25) is 4.79 Å². The Hall–Kier alpha value is -0.250. The zero-order chi connectivity index (χ0) is 13.7. The van der Waals surface area contributed by atoms with E-state index in [0.717, 1.165) is 11.8 Å². The van der Waals surface area contributed by atoms with Gasteiger partial charge in [-0.15, -0.1) is 0 Å². The van der Waals surface area contributed by atoms with Crippen molar-refractivity contribution in [2.45, 2.75) is 26.3 Å². The molecule has 1 N–H and O–H groups in total. The summed E-state index contributed by atoms with van der Waals surface area (Å²) in [6.07, 6.45) is 0.887. The molecule has 0 bridgehead atoms. The zero-order valence-corrected chi connectivity index (χ0v) is 13.4. The minimum atomic E-state index is -0.140. The maximum absolute atomic E-state index is 12.1. The number of nitrogens with one attached hydrogen (secondary N) is 1. The summed E-state index contributed by atoms with van der Waals surface area (Å²) in [5.74, 6) is 0.236. The Balaban J connectivity index is 2.80. The SMILES string of the molecule is CC(C)C(CCBr)NC(=O)c1cc(Cl)cc(Cl)c1. The van der Waals surface area contributed by atoms with Gasteiger partial charge in [0, 0.05) is 27.0 Å². The van der Waals surface area contributed by atoms with Crippen LogP contribution in [0.3, 0.4) is 0 Å². The molecule has 1 rings (SSSR count). The summed E-state index contributed by atoms with van der Waals surface area (Å²) in [5.41, 5.74) is 0.493. The fourth-order valence-electron chi connectivity index (χ4n) is 1.63. The van der Waals surface area contributed by atoms with Gasteiger partial charge in [0.15, 0.2) is 0 Å². The van der Waals surface area contributed by atoms with Gasteiger partial charge in [0.1, 0.15) is 0 Å². The van der Waals surface area contributed by atoms with Crippen LogP contribution in [0, 0.1) is 5.92 Å². The van der Waals surface area contributed by atoms with E-state index in [9.17, 15) is 4.79 Å². The highest BCUT2D eigenvalue weighted by molar-refractivity contribution is 9.09. The molecule has 0 aliphatic rings. The average molecular weight is 353 g/mol. The van der Waals surface area contributed by atoms with Crippen LogP contribution in [0.2, 0.25) is 10.0 Å². The van der Waals surface area contributed by atoms with E-state index in [1.54, 1.807) is 18.2 Å². The second-order valence-electron chi connectivity index (χ2n) is 4.46. The quantitative estimate of drug-likeness (QED) is 0.775. The van der Waals surface area contributed by atoms with Crippen LogP contribution in [0.4, 0.5) is 0 Å². The van der Waals surface area contributed by atoms with Crippen molar-refractivity contribution in [3.63, 3.8) is 0 Å². The highest BCUT2D eigenvalue weighted by Gasteiger charge is 2.17. The van der Waals surface area contributed by atoms with E-state index in [0.29, 0.717) is 21.5 Å². The molecule has 100 valence electrons. The van der Waals surface area contributed by atoms with E-state index in [-0.39, 0.29) is 11.9 Å². The lowest BCUT2D eigenvalue weighted by molar-refractivity contribution is 0.0925. The Kier molecular flexibility index (Phi) is 6.47. The van der Waals surface area contributed by atoms with Gasteiger partial charge in [0.05, 0.1) is 0 Å². The smallest absolute Gasteiger partial charge is 0.251 e. The molecule has 0 saturated carbocycles. The lowest BCUT2D eigenvalue weighted by Crippen LogP contribution is -2.38. The first-order valence-electron chi connectivity index (χ1n) is 5.77. The van der Waals surface area contributed by atoms with Crippen molar-refractivity contribution in [1.82, 2.24) is 5.32 Å². The first kappa shape index (κ1) is 15.8. The molecule has 0 aliphatic carbocycles. The second kappa shape index (κ2) is 7.37. The average Bonchev–Trinajstić information content (AvgIpc) is 2.26. The number of hydrogen-bond acceptors (Lipinski definition) is 1. The lowest BCUT2D eigenvalue weighted by atomic mass is 10.0. The minimum Gasteiger partial charge on any atom is -0.349 e. The summed E-state index contributed by atoms with van der Waals surface area (Å²) in [6.45, 7) is 4.16. The van der Waals surface area contributed by atoms with Gasteiger partial charge in [-0.2, -0.15) is 0 Å². The summed E-state index contributed by atoms with van der Waals surface area (Å²) >= 11 is 15.2. The van der Waals surface area contributed by atoms with Crippen molar-refractivity contribution < 1.29 is 4.79 Å². The third kappa shape index (κ3) is 4.79. The molecule has 0 aliphatic heterocycles. The predicted molar refractivity (Wildman–Crippen MR) is 81.0 cm³/mol. The van der Waals surface area contributed by atoms with Crippen molar-refractivity contribution in [2.24, 2.45) is 5.92 Å². The highest BCUT2D eigenvalue weighted by atomic mass is 79.9. The number of alkyl halides is 1. The van der Waals surface area contributed by atoms with Crippen LogP contribution in [0.25, 0.3) is 0 Å². The van der Waals surface area contributed by atoms with Crippen LogP contribution in [-0.2, 0) is 0 Å². The van der Waals surface area contributed by atoms with E-state index < -0.39 is 0 Å². The normalized spacial score (nSPS) is 12.6. The van der Waals surface area contributed by atoms with Gasteiger partial charge in [-0.1, -0.05) is 53.0 Å². The summed E-state index contributed by atoms with van der Waals surface area (Å²) in [4.78, 5) is 12.1. The molecule has 1 aromatic carbocycles. The molecule has 0 saturated heterocycles. The molecule has 18 heavy (non-hydrogen) atoms. The van der Waals surface area contributed by atoms with Crippen molar-refractivity contribution in [2.75, 3.05) is 5.33 Å². The van der Waals surface area contributed by atoms with Crippen molar-refractivity contribution in [3.05, 3.63) is 33.8 Å². The Morgan fingerprint density at radius 2 is 1.83 bits per heavy atom. The number of halogens is 3. The Labute approximate surface area is 126 Å². The molecule has 0 fully saturated rings. The van der Waals surface area contributed by atoms with E-state index >= 15 is 0 Å². The number of carbonyl (C=O) groups is 1. The monoisotopic (exact) mass is 351 g/mol. The third-order valence-corrected chi connectivity index (χ3v) is 3.56. The maximum Gasteiger partial charge on any atom is 0.251 e. The molecular formula is C13H16BrCl2NO. The lowest BCUT2D eigenvalue weighted by Gasteiger charge is -2.21. The topological polar surface area (TPSA) is 29.1 Å². The standard InChI is InChI=1S/C13H16BrCl2NO/c1-8(2)12(3-4-14)17-13(18)9-5-10(15)7-11(16)6-9/h5-8,12H,3-4H2,1-2H3,(H,17,18). The van der Waals surface area contributed by atoms with Crippen LogP contribution in [0.1, 0.15) is 30.6 Å². The molecule has 5 heteroatoms. The summed E-state index contributed by atoms with van der Waals surface area (Å²) in [6, 6.07) is 4.98. The summed E-state index contributed by atoms with van der Waals surface area (Å²) in [5, 5.41) is 4.79. The summed E-state index contributed by atoms with van der Waals surface area (Å²) in [7, 11) is 0.